The maximum atomic E-state index is 13.9. The monoisotopic (exact) mass is 396 g/mol. The summed E-state index contributed by atoms with van der Waals surface area (Å²) < 4.78 is 21.7. The van der Waals surface area contributed by atoms with Crippen LogP contribution in [0, 0.1) is 5.82 Å². The van der Waals surface area contributed by atoms with Crippen LogP contribution in [0.15, 0.2) is 46.9 Å². The van der Waals surface area contributed by atoms with Crippen molar-refractivity contribution in [3.63, 3.8) is 0 Å². The molecule has 3 heterocycles. The van der Waals surface area contributed by atoms with Gasteiger partial charge in [-0.25, -0.2) is 14.4 Å². The molecule has 0 atom stereocenters. The molecule has 2 aromatic carbocycles. The molecule has 1 aliphatic rings. The van der Waals surface area contributed by atoms with Gasteiger partial charge in [0, 0.05) is 32.1 Å². The number of halogens is 2. The molecule has 0 N–H and O–H groups in total. The average Bonchev–Trinajstić information content (AvgIpc) is 3.24. The van der Waals surface area contributed by atoms with E-state index in [1.165, 1.54) is 6.07 Å². The molecule has 0 radical (unpaired) electrons. The molecule has 2 aromatic heterocycles. The fraction of sp³-hybridized carbons (Fsp3) is 0.238. The van der Waals surface area contributed by atoms with E-state index in [9.17, 15) is 4.39 Å². The minimum absolute atomic E-state index is 0.289. The number of oxazole rings is 1. The molecule has 0 saturated heterocycles. The van der Waals surface area contributed by atoms with Crippen molar-refractivity contribution in [2.45, 2.75) is 19.5 Å². The third-order valence-electron chi connectivity index (χ3n) is 5.22. The Morgan fingerprint density at radius 3 is 2.82 bits per heavy atom. The van der Waals surface area contributed by atoms with Crippen molar-refractivity contribution in [1.29, 1.82) is 0 Å². The van der Waals surface area contributed by atoms with Gasteiger partial charge in [0.1, 0.15) is 11.3 Å². The summed E-state index contributed by atoms with van der Waals surface area (Å²) >= 11 is 6.37. The van der Waals surface area contributed by atoms with Crippen molar-refractivity contribution < 1.29 is 8.81 Å². The summed E-state index contributed by atoms with van der Waals surface area (Å²) in [5.41, 5.74) is 3.95. The van der Waals surface area contributed by atoms with Crippen LogP contribution >= 0.6 is 11.6 Å². The van der Waals surface area contributed by atoms with Crippen LogP contribution in [0.3, 0.4) is 0 Å². The van der Waals surface area contributed by atoms with Crippen LogP contribution in [0.5, 0.6) is 0 Å². The largest absolute Gasteiger partial charge is 0.439 e. The van der Waals surface area contributed by atoms with Gasteiger partial charge in [-0.3, -0.25) is 4.90 Å². The van der Waals surface area contributed by atoms with Crippen LogP contribution in [0.4, 0.5) is 4.39 Å². The number of fused-ring (bicyclic) bond motifs is 2. The summed E-state index contributed by atoms with van der Waals surface area (Å²) in [7, 11) is 2.02. The van der Waals surface area contributed by atoms with Crippen LogP contribution < -0.4 is 0 Å². The molecule has 0 amide bonds. The Kier molecular flexibility index (Phi) is 4.18. The summed E-state index contributed by atoms with van der Waals surface area (Å²) in [6, 6.07) is 12.5. The van der Waals surface area contributed by atoms with Gasteiger partial charge in [-0.05, 0) is 24.3 Å². The lowest BCUT2D eigenvalue weighted by Crippen LogP contribution is -2.31. The molecule has 142 valence electrons. The van der Waals surface area contributed by atoms with Crippen LogP contribution in [-0.2, 0) is 26.6 Å². The van der Waals surface area contributed by atoms with Gasteiger partial charge in [-0.1, -0.05) is 29.8 Å². The average molecular weight is 397 g/mol. The quantitative estimate of drug-likeness (QED) is 0.508. The van der Waals surface area contributed by atoms with Gasteiger partial charge in [0.05, 0.1) is 23.0 Å². The van der Waals surface area contributed by atoms with E-state index in [4.69, 9.17) is 21.0 Å². The van der Waals surface area contributed by atoms with Crippen molar-refractivity contribution in [2.24, 2.45) is 7.05 Å². The highest BCUT2D eigenvalue weighted by Crippen LogP contribution is 2.30. The zero-order chi connectivity index (χ0) is 19.3. The van der Waals surface area contributed by atoms with Crippen molar-refractivity contribution in [3.05, 3.63) is 70.6 Å². The highest BCUT2D eigenvalue weighted by molar-refractivity contribution is 6.33. The predicted molar refractivity (Wildman–Crippen MR) is 105 cm³/mol. The number of imidazole rings is 1. The number of hydrogen-bond donors (Lipinski definition) is 0. The molecule has 4 aromatic rings. The summed E-state index contributed by atoms with van der Waals surface area (Å²) in [5, 5.41) is 0.693. The molecular formula is C21H18ClFN4O. The zero-order valence-electron chi connectivity index (χ0n) is 15.3. The molecular weight excluding hydrogens is 379 g/mol. The Labute approximate surface area is 166 Å². The normalized spacial score (nSPS) is 14.5. The highest BCUT2D eigenvalue weighted by atomic mass is 35.5. The van der Waals surface area contributed by atoms with Gasteiger partial charge >= 0.3 is 0 Å². The smallest absolute Gasteiger partial charge is 0.209 e. The summed E-state index contributed by atoms with van der Waals surface area (Å²) in [6.45, 7) is 2.10. The van der Waals surface area contributed by atoms with Gasteiger partial charge in [-0.15, -0.1) is 0 Å². The number of nitrogens with zero attached hydrogens (tertiary/aromatic N) is 4. The Bertz CT molecular complexity index is 1180. The molecule has 5 nitrogen and oxygen atoms in total. The third-order valence-corrected chi connectivity index (χ3v) is 5.55. The van der Waals surface area contributed by atoms with E-state index in [-0.39, 0.29) is 11.3 Å². The Balaban J connectivity index is 1.42. The second-order valence-electron chi connectivity index (χ2n) is 7.02. The minimum Gasteiger partial charge on any atom is -0.439 e. The van der Waals surface area contributed by atoms with Crippen molar-refractivity contribution >= 4 is 22.7 Å². The number of rotatable bonds is 3. The van der Waals surface area contributed by atoms with Crippen LogP contribution in [-0.4, -0.2) is 26.0 Å². The maximum absolute atomic E-state index is 13.9. The molecule has 0 fully saturated rings. The number of hydrogen-bond acceptors (Lipinski definition) is 4. The highest BCUT2D eigenvalue weighted by Gasteiger charge is 2.25. The van der Waals surface area contributed by atoms with Gasteiger partial charge in [0.2, 0.25) is 5.89 Å². The van der Waals surface area contributed by atoms with Crippen molar-refractivity contribution in [3.8, 4) is 11.4 Å². The second-order valence-corrected chi connectivity index (χ2v) is 7.43. The van der Waals surface area contributed by atoms with Crippen molar-refractivity contribution in [2.75, 3.05) is 6.54 Å². The van der Waals surface area contributed by atoms with Gasteiger partial charge in [0.25, 0.3) is 0 Å². The van der Waals surface area contributed by atoms with E-state index < -0.39 is 0 Å². The van der Waals surface area contributed by atoms with E-state index in [2.05, 4.69) is 14.5 Å². The van der Waals surface area contributed by atoms with Crippen LogP contribution in [0.1, 0.15) is 17.3 Å². The Hall–Kier alpha value is -2.70. The lowest BCUT2D eigenvalue weighted by Gasteiger charge is -2.25. The molecule has 7 heteroatoms. The minimum atomic E-state index is -0.357. The Morgan fingerprint density at radius 2 is 2.00 bits per heavy atom. The lowest BCUT2D eigenvalue weighted by atomic mass is 10.1. The van der Waals surface area contributed by atoms with Crippen LogP contribution in [0.2, 0.25) is 5.02 Å². The molecule has 0 aliphatic carbocycles. The first kappa shape index (κ1) is 17.4. The van der Waals surface area contributed by atoms with E-state index in [0.717, 1.165) is 42.3 Å². The first-order chi connectivity index (χ1) is 13.6. The fourth-order valence-electron chi connectivity index (χ4n) is 3.78. The predicted octanol–water partition coefficient (Wildman–Crippen LogP) is 4.58. The number of aromatic nitrogens is 3. The summed E-state index contributed by atoms with van der Waals surface area (Å²) in [4.78, 5) is 11.4. The summed E-state index contributed by atoms with van der Waals surface area (Å²) in [5.74, 6) is 1.04. The topological polar surface area (TPSA) is 47.1 Å². The van der Waals surface area contributed by atoms with Gasteiger partial charge < -0.3 is 8.98 Å². The molecule has 0 saturated carbocycles. The third kappa shape index (κ3) is 2.89. The fourth-order valence-corrected chi connectivity index (χ4v) is 4.00. The van der Waals surface area contributed by atoms with Crippen molar-refractivity contribution in [1.82, 2.24) is 19.4 Å². The molecule has 28 heavy (non-hydrogen) atoms. The van der Waals surface area contributed by atoms with E-state index in [0.29, 0.717) is 23.0 Å². The molecule has 0 spiro atoms. The SMILES string of the molecule is Cn1c(-c2ccccc2Cl)nc2c1CN(Cc1nc3c(F)cccc3o1)CC2. The molecule has 0 unspecified atom stereocenters. The first-order valence-corrected chi connectivity index (χ1v) is 9.53. The van der Waals surface area contributed by atoms with Crippen LogP contribution in [0.25, 0.3) is 22.5 Å². The van der Waals surface area contributed by atoms with E-state index >= 15 is 0 Å². The zero-order valence-corrected chi connectivity index (χ0v) is 16.1. The lowest BCUT2D eigenvalue weighted by molar-refractivity contribution is 0.217. The number of para-hydroxylation sites is 1. The standard InChI is InChI=1S/C21H18ClFN4O/c1-26-17-11-27(12-19-25-20-15(23)7-4-8-18(20)28-19)10-9-16(17)24-21(26)13-5-2-3-6-14(13)22/h2-8H,9-12H2,1H3. The molecule has 1 aliphatic heterocycles. The Morgan fingerprint density at radius 1 is 1.14 bits per heavy atom. The van der Waals surface area contributed by atoms with E-state index in [1.54, 1.807) is 12.1 Å². The molecule has 0 bridgehead atoms. The molecule has 5 rings (SSSR count). The van der Waals surface area contributed by atoms with Gasteiger partial charge in [-0.2, -0.15) is 0 Å². The van der Waals surface area contributed by atoms with Gasteiger partial charge in [0.15, 0.2) is 11.4 Å². The maximum Gasteiger partial charge on any atom is 0.209 e. The first-order valence-electron chi connectivity index (χ1n) is 9.16. The second kappa shape index (κ2) is 6.72. The van der Waals surface area contributed by atoms with E-state index in [1.807, 2.05) is 31.3 Å². The summed E-state index contributed by atoms with van der Waals surface area (Å²) in [6.07, 6.45) is 0.836. The number of benzene rings is 2.